The molecule has 0 bridgehead atoms. The zero-order valence-electron chi connectivity index (χ0n) is 13.1. The van der Waals surface area contributed by atoms with Gasteiger partial charge in [0.1, 0.15) is 5.75 Å². The normalized spacial score (nSPS) is 9.57. The molecule has 0 aliphatic carbocycles. The summed E-state index contributed by atoms with van der Waals surface area (Å²) in [4.78, 5) is 25.4. The number of aromatic hydroxyl groups is 1. The van der Waals surface area contributed by atoms with Gasteiger partial charge in [-0.25, -0.2) is 4.79 Å². The summed E-state index contributed by atoms with van der Waals surface area (Å²) in [5.41, 5.74) is 0.793. The molecule has 0 aliphatic rings. The van der Waals surface area contributed by atoms with Crippen LogP contribution in [0.3, 0.4) is 0 Å². The number of nitrogens with zero attached hydrogens (tertiary/aromatic N) is 1. The van der Waals surface area contributed by atoms with E-state index in [9.17, 15) is 14.7 Å². The second-order valence-corrected chi connectivity index (χ2v) is 4.78. The SMILES string of the molecule is CN(C)c1ccc(C(=O)c2ccccc2C(=O)O)c(O)c1.CO. The van der Waals surface area contributed by atoms with Gasteiger partial charge in [0.15, 0.2) is 5.78 Å². The maximum Gasteiger partial charge on any atom is 0.336 e. The van der Waals surface area contributed by atoms with Gasteiger partial charge in [-0.3, -0.25) is 4.79 Å². The van der Waals surface area contributed by atoms with Crippen LogP contribution in [0.1, 0.15) is 26.3 Å². The van der Waals surface area contributed by atoms with Gasteiger partial charge in [0, 0.05) is 38.5 Å². The molecule has 6 heteroatoms. The zero-order valence-corrected chi connectivity index (χ0v) is 13.1. The number of phenolic OH excluding ortho intramolecular Hbond substituents is 1. The highest BCUT2D eigenvalue weighted by Crippen LogP contribution is 2.26. The first-order valence-corrected chi connectivity index (χ1v) is 6.74. The number of aliphatic hydroxyl groups is 1. The van der Waals surface area contributed by atoms with Gasteiger partial charge in [-0.05, 0) is 18.2 Å². The number of carboxylic acid groups (broad SMARTS) is 1. The maximum atomic E-state index is 12.4. The third-order valence-corrected chi connectivity index (χ3v) is 3.14. The minimum Gasteiger partial charge on any atom is -0.507 e. The van der Waals surface area contributed by atoms with E-state index in [1.165, 1.54) is 24.3 Å². The lowest BCUT2D eigenvalue weighted by Crippen LogP contribution is -2.11. The summed E-state index contributed by atoms with van der Waals surface area (Å²) in [5.74, 6) is -1.87. The summed E-state index contributed by atoms with van der Waals surface area (Å²) < 4.78 is 0. The molecule has 0 saturated carbocycles. The lowest BCUT2D eigenvalue weighted by Gasteiger charge is -2.14. The number of anilines is 1. The molecule has 122 valence electrons. The molecule has 3 N–H and O–H groups in total. The van der Waals surface area contributed by atoms with E-state index in [1.54, 1.807) is 23.1 Å². The minimum absolute atomic E-state index is 0.0536. The second kappa shape index (κ2) is 7.95. The Morgan fingerprint density at radius 2 is 1.48 bits per heavy atom. The van der Waals surface area contributed by atoms with E-state index >= 15 is 0 Å². The van der Waals surface area contributed by atoms with Crippen LogP contribution in [0.2, 0.25) is 0 Å². The number of carbonyl (C=O) groups excluding carboxylic acids is 1. The highest BCUT2D eigenvalue weighted by Gasteiger charge is 2.20. The fourth-order valence-electron chi connectivity index (χ4n) is 2.00. The maximum absolute atomic E-state index is 12.4. The number of ketones is 1. The molecule has 0 unspecified atom stereocenters. The van der Waals surface area contributed by atoms with Crippen LogP contribution in [-0.4, -0.2) is 48.3 Å². The summed E-state index contributed by atoms with van der Waals surface area (Å²) in [5, 5.41) is 26.1. The molecule has 0 aliphatic heterocycles. The summed E-state index contributed by atoms with van der Waals surface area (Å²) >= 11 is 0. The van der Waals surface area contributed by atoms with Crippen LogP contribution < -0.4 is 4.90 Å². The van der Waals surface area contributed by atoms with Crippen molar-refractivity contribution in [1.82, 2.24) is 0 Å². The molecule has 0 radical (unpaired) electrons. The monoisotopic (exact) mass is 317 g/mol. The van der Waals surface area contributed by atoms with E-state index in [0.717, 1.165) is 12.8 Å². The number of rotatable bonds is 4. The molecule has 23 heavy (non-hydrogen) atoms. The Hall–Kier alpha value is -2.86. The van der Waals surface area contributed by atoms with Gasteiger partial charge >= 0.3 is 5.97 Å². The van der Waals surface area contributed by atoms with Gasteiger partial charge in [0.05, 0.1) is 11.1 Å². The van der Waals surface area contributed by atoms with Crippen LogP contribution in [0.15, 0.2) is 42.5 Å². The Morgan fingerprint density at radius 3 is 1.96 bits per heavy atom. The van der Waals surface area contributed by atoms with Gasteiger partial charge < -0.3 is 20.2 Å². The number of carbonyl (C=O) groups is 2. The fourth-order valence-corrected chi connectivity index (χ4v) is 2.00. The van der Waals surface area contributed by atoms with Crippen LogP contribution in [0.25, 0.3) is 0 Å². The summed E-state index contributed by atoms with van der Waals surface area (Å²) in [6, 6.07) is 10.6. The lowest BCUT2D eigenvalue weighted by molar-refractivity contribution is 0.0692. The third-order valence-electron chi connectivity index (χ3n) is 3.14. The van der Waals surface area contributed by atoms with Crippen molar-refractivity contribution >= 4 is 17.4 Å². The number of carboxylic acids is 1. The van der Waals surface area contributed by atoms with Crippen molar-refractivity contribution in [1.29, 1.82) is 0 Å². The molecule has 6 nitrogen and oxygen atoms in total. The molecule has 0 amide bonds. The summed E-state index contributed by atoms with van der Waals surface area (Å²) in [6.07, 6.45) is 0. The quantitative estimate of drug-likeness (QED) is 0.746. The Morgan fingerprint density at radius 1 is 0.913 bits per heavy atom. The first-order valence-electron chi connectivity index (χ1n) is 6.74. The Balaban J connectivity index is 0.00000127. The number of aromatic carboxylic acids is 1. The number of phenols is 1. The van der Waals surface area contributed by atoms with E-state index in [1.807, 2.05) is 14.1 Å². The third kappa shape index (κ3) is 4.08. The molecule has 0 atom stereocenters. The smallest absolute Gasteiger partial charge is 0.336 e. The first-order chi connectivity index (χ1) is 10.9. The summed E-state index contributed by atoms with van der Waals surface area (Å²) in [6.45, 7) is 0. The number of hydrogen-bond donors (Lipinski definition) is 3. The average molecular weight is 317 g/mol. The predicted molar refractivity (Wildman–Crippen MR) is 87.4 cm³/mol. The van der Waals surface area contributed by atoms with Crippen molar-refractivity contribution in [3.63, 3.8) is 0 Å². The van der Waals surface area contributed by atoms with Crippen LogP contribution in [0.4, 0.5) is 5.69 Å². The molecule has 2 rings (SSSR count). The second-order valence-electron chi connectivity index (χ2n) is 4.78. The van der Waals surface area contributed by atoms with E-state index in [2.05, 4.69) is 0 Å². The van der Waals surface area contributed by atoms with Crippen molar-refractivity contribution in [2.75, 3.05) is 26.1 Å². The van der Waals surface area contributed by atoms with E-state index in [4.69, 9.17) is 10.2 Å². The largest absolute Gasteiger partial charge is 0.507 e. The number of benzene rings is 2. The molecule has 0 saturated heterocycles. The fraction of sp³-hybridized carbons (Fsp3) is 0.176. The molecule has 2 aromatic rings. The Kier molecular flexibility index (Phi) is 6.29. The topological polar surface area (TPSA) is 98.1 Å². The molecule has 2 aromatic carbocycles. The van der Waals surface area contributed by atoms with Crippen molar-refractivity contribution in [2.24, 2.45) is 0 Å². The highest BCUT2D eigenvalue weighted by molar-refractivity contribution is 6.15. The van der Waals surface area contributed by atoms with E-state index in [0.29, 0.717) is 0 Å². The Bertz CT molecular complexity index is 710. The minimum atomic E-state index is -1.18. The van der Waals surface area contributed by atoms with Crippen molar-refractivity contribution in [3.05, 3.63) is 59.2 Å². The Labute approximate surface area is 134 Å². The van der Waals surface area contributed by atoms with E-state index in [-0.39, 0.29) is 22.4 Å². The number of aliphatic hydroxyl groups excluding tert-OH is 1. The van der Waals surface area contributed by atoms with E-state index < -0.39 is 11.8 Å². The molecular formula is C17H19NO5. The predicted octanol–water partition coefficient (Wildman–Crippen LogP) is 2.00. The van der Waals surface area contributed by atoms with Crippen LogP contribution in [0, 0.1) is 0 Å². The van der Waals surface area contributed by atoms with Gasteiger partial charge in [0.25, 0.3) is 0 Å². The lowest BCUT2D eigenvalue weighted by atomic mass is 9.97. The molecule has 0 aromatic heterocycles. The van der Waals surface area contributed by atoms with Crippen LogP contribution in [0.5, 0.6) is 5.75 Å². The molecule has 0 spiro atoms. The van der Waals surface area contributed by atoms with Crippen LogP contribution in [-0.2, 0) is 0 Å². The number of hydrogen-bond acceptors (Lipinski definition) is 5. The van der Waals surface area contributed by atoms with Crippen molar-refractivity contribution in [3.8, 4) is 5.75 Å². The average Bonchev–Trinajstić information content (AvgIpc) is 2.55. The molecule has 0 heterocycles. The van der Waals surface area contributed by atoms with Gasteiger partial charge in [-0.15, -0.1) is 0 Å². The standard InChI is InChI=1S/C16H15NO4.CH4O/c1-17(2)10-7-8-13(14(18)9-10)15(19)11-5-3-4-6-12(11)16(20)21;1-2/h3-9,18H,1-2H3,(H,20,21);2H,1H3. The van der Waals surface area contributed by atoms with Gasteiger partial charge in [-0.1, -0.05) is 18.2 Å². The van der Waals surface area contributed by atoms with Gasteiger partial charge in [0.2, 0.25) is 0 Å². The van der Waals surface area contributed by atoms with Gasteiger partial charge in [-0.2, -0.15) is 0 Å². The zero-order chi connectivity index (χ0) is 17.6. The van der Waals surface area contributed by atoms with Crippen molar-refractivity contribution < 1.29 is 24.9 Å². The highest BCUT2D eigenvalue weighted by atomic mass is 16.4. The van der Waals surface area contributed by atoms with Crippen LogP contribution >= 0.6 is 0 Å². The molecular weight excluding hydrogens is 298 g/mol. The first kappa shape index (κ1) is 18.2. The summed E-state index contributed by atoms with van der Waals surface area (Å²) in [7, 11) is 4.63. The van der Waals surface area contributed by atoms with Crippen molar-refractivity contribution in [2.45, 2.75) is 0 Å². The molecule has 0 fully saturated rings.